The molecule has 1 aliphatic heterocycles. The summed E-state index contributed by atoms with van der Waals surface area (Å²) in [5, 5.41) is 0. The zero-order valence-corrected chi connectivity index (χ0v) is 12.3. The van der Waals surface area contributed by atoms with E-state index in [1.165, 1.54) is 25.7 Å². The third-order valence-corrected chi connectivity index (χ3v) is 4.78. The van der Waals surface area contributed by atoms with Gasteiger partial charge in [0.2, 0.25) is 0 Å². The number of ether oxygens (including phenoxy) is 1. The van der Waals surface area contributed by atoms with Crippen molar-refractivity contribution in [1.82, 2.24) is 4.90 Å². The van der Waals surface area contributed by atoms with E-state index in [4.69, 9.17) is 10.5 Å². The van der Waals surface area contributed by atoms with E-state index in [0.717, 1.165) is 31.6 Å². The van der Waals surface area contributed by atoms with Gasteiger partial charge in [0.25, 0.3) is 0 Å². The van der Waals surface area contributed by atoms with Crippen molar-refractivity contribution < 1.29 is 4.74 Å². The Morgan fingerprint density at radius 1 is 1.28 bits per heavy atom. The third-order valence-electron chi connectivity index (χ3n) is 4.78. The molecule has 5 unspecified atom stereocenters. The Balaban J connectivity index is 1.88. The SMILES string of the molecule is CC1CC(C)C(N(C)CC2CCCOC2)C(N)C1. The van der Waals surface area contributed by atoms with E-state index in [-0.39, 0.29) is 0 Å². The molecule has 0 aromatic carbocycles. The van der Waals surface area contributed by atoms with Crippen LogP contribution in [0.5, 0.6) is 0 Å². The highest BCUT2D eigenvalue weighted by molar-refractivity contribution is 4.91. The van der Waals surface area contributed by atoms with E-state index in [1.54, 1.807) is 0 Å². The molecular formula is C15H30N2O. The standard InChI is InChI=1S/C15H30N2O/c1-11-7-12(2)15(14(16)8-11)17(3)9-13-5-4-6-18-10-13/h11-15H,4-10,16H2,1-3H3. The maximum absolute atomic E-state index is 6.39. The van der Waals surface area contributed by atoms with Crippen LogP contribution in [0.3, 0.4) is 0 Å². The van der Waals surface area contributed by atoms with E-state index >= 15 is 0 Å². The summed E-state index contributed by atoms with van der Waals surface area (Å²) >= 11 is 0. The average Bonchev–Trinajstić information content (AvgIpc) is 2.28. The Kier molecular flexibility index (Phi) is 5.05. The van der Waals surface area contributed by atoms with Crippen LogP contribution in [-0.4, -0.2) is 43.8 Å². The van der Waals surface area contributed by atoms with Crippen LogP contribution >= 0.6 is 0 Å². The average molecular weight is 254 g/mol. The lowest BCUT2D eigenvalue weighted by molar-refractivity contribution is 0.0200. The molecule has 0 radical (unpaired) electrons. The van der Waals surface area contributed by atoms with Gasteiger partial charge in [0.15, 0.2) is 0 Å². The molecule has 0 bridgehead atoms. The van der Waals surface area contributed by atoms with Crippen molar-refractivity contribution in [2.24, 2.45) is 23.5 Å². The number of hydrogen-bond donors (Lipinski definition) is 1. The zero-order valence-electron chi connectivity index (χ0n) is 12.3. The van der Waals surface area contributed by atoms with Gasteiger partial charge in [-0.2, -0.15) is 0 Å². The van der Waals surface area contributed by atoms with Crippen LogP contribution < -0.4 is 5.73 Å². The van der Waals surface area contributed by atoms with Crippen LogP contribution in [0.4, 0.5) is 0 Å². The Morgan fingerprint density at radius 2 is 2.06 bits per heavy atom. The van der Waals surface area contributed by atoms with Crippen molar-refractivity contribution >= 4 is 0 Å². The summed E-state index contributed by atoms with van der Waals surface area (Å²) in [6, 6.07) is 0.904. The maximum atomic E-state index is 6.39. The summed E-state index contributed by atoms with van der Waals surface area (Å²) in [5.41, 5.74) is 6.39. The lowest BCUT2D eigenvalue weighted by Crippen LogP contribution is -2.54. The highest BCUT2D eigenvalue weighted by atomic mass is 16.5. The zero-order chi connectivity index (χ0) is 13.1. The summed E-state index contributed by atoms with van der Waals surface area (Å²) in [5.74, 6) is 2.22. The van der Waals surface area contributed by atoms with Gasteiger partial charge in [-0.25, -0.2) is 0 Å². The van der Waals surface area contributed by atoms with Crippen LogP contribution in [0.15, 0.2) is 0 Å². The molecule has 1 aliphatic carbocycles. The van der Waals surface area contributed by atoms with Gasteiger partial charge >= 0.3 is 0 Å². The number of rotatable bonds is 3. The van der Waals surface area contributed by atoms with Crippen molar-refractivity contribution in [3.05, 3.63) is 0 Å². The van der Waals surface area contributed by atoms with Crippen LogP contribution in [0.25, 0.3) is 0 Å². The number of hydrogen-bond acceptors (Lipinski definition) is 3. The first kappa shape index (κ1) is 14.3. The summed E-state index contributed by atoms with van der Waals surface area (Å²) in [6.45, 7) is 7.75. The Labute approximate surface area is 112 Å². The lowest BCUT2D eigenvalue weighted by atomic mass is 9.76. The van der Waals surface area contributed by atoms with E-state index in [1.807, 2.05) is 0 Å². The smallest absolute Gasteiger partial charge is 0.0506 e. The molecule has 5 atom stereocenters. The molecule has 3 nitrogen and oxygen atoms in total. The topological polar surface area (TPSA) is 38.5 Å². The first-order valence-corrected chi connectivity index (χ1v) is 7.61. The molecule has 1 saturated heterocycles. The molecule has 2 fully saturated rings. The monoisotopic (exact) mass is 254 g/mol. The molecule has 0 amide bonds. The fourth-order valence-electron chi connectivity index (χ4n) is 4.14. The molecule has 2 rings (SSSR count). The summed E-state index contributed by atoms with van der Waals surface area (Å²) in [7, 11) is 2.26. The third kappa shape index (κ3) is 3.46. The van der Waals surface area contributed by atoms with Gasteiger partial charge in [-0.05, 0) is 50.5 Å². The highest BCUT2D eigenvalue weighted by Crippen LogP contribution is 2.31. The Morgan fingerprint density at radius 3 is 2.67 bits per heavy atom. The fourth-order valence-corrected chi connectivity index (χ4v) is 4.14. The molecule has 1 heterocycles. The van der Waals surface area contributed by atoms with Crippen LogP contribution in [0.1, 0.15) is 39.5 Å². The highest BCUT2D eigenvalue weighted by Gasteiger charge is 2.35. The van der Waals surface area contributed by atoms with Gasteiger partial charge < -0.3 is 15.4 Å². The quantitative estimate of drug-likeness (QED) is 0.838. The predicted octanol–water partition coefficient (Wildman–Crippen LogP) is 2.11. The second kappa shape index (κ2) is 6.36. The Hall–Kier alpha value is -0.120. The fraction of sp³-hybridized carbons (Fsp3) is 1.00. The second-order valence-electron chi connectivity index (χ2n) is 6.73. The second-order valence-corrected chi connectivity index (χ2v) is 6.73. The first-order valence-electron chi connectivity index (χ1n) is 7.61. The lowest BCUT2D eigenvalue weighted by Gasteiger charge is -2.44. The van der Waals surface area contributed by atoms with E-state index < -0.39 is 0 Å². The summed E-state index contributed by atoms with van der Waals surface area (Å²) < 4.78 is 5.58. The Bertz CT molecular complexity index is 241. The number of likely N-dealkylation sites (N-methyl/N-ethyl adjacent to an activating group) is 1. The van der Waals surface area contributed by atoms with E-state index in [0.29, 0.717) is 18.0 Å². The van der Waals surface area contributed by atoms with Crippen LogP contribution in [0, 0.1) is 17.8 Å². The number of nitrogens with zero attached hydrogens (tertiary/aromatic N) is 1. The summed E-state index contributed by atoms with van der Waals surface area (Å²) in [6.07, 6.45) is 5.04. The van der Waals surface area contributed by atoms with Gasteiger partial charge in [0, 0.05) is 25.2 Å². The van der Waals surface area contributed by atoms with Crippen LogP contribution in [0.2, 0.25) is 0 Å². The molecule has 0 aromatic rings. The molecule has 106 valence electrons. The molecule has 18 heavy (non-hydrogen) atoms. The molecule has 2 aliphatic rings. The number of nitrogens with two attached hydrogens (primary N) is 1. The van der Waals surface area contributed by atoms with Crippen molar-refractivity contribution in [2.45, 2.75) is 51.6 Å². The van der Waals surface area contributed by atoms with Gasteiger partial charge in [0.05, 0.1) is 6.61 Å². The molecule has 0 spiro atoms. The van der Waals surface area contributed by atoms with Gasteiger partial charge in [-0.1, -0.05) is 13.8 Å². The van der Waals surface area contributed by atoms with E-state index in [9.17, 15) is 0 Å². The molecule has 0 aromatic heterocycles. The minimum absolute atomic E-state index is 0.346. The van der Waals surface area contributed by atoms with Gasteiger partial charge in [-0.3, -0.25) is 0 Å². The van der Waals surface area contributed by atoms with Crippen LogP contribution in [-0.2, 0) is 4.74 Å². The van der Waals surface area contributed by atoms with Crippen molar-refractivity contribution in [2.75, 3.05) is 26.8 Å². The van der Waals surface area contributed by atoms with Crippen molar-refractivity contribution in [3.63, 3.8) is 0 Å². The van der Waals surface area contributed by atoms with Gasteiger partial charge in [0.1, 0.15) is 0 Å². The molecule has 2 N–H and O–H groups in total. The minimum atomic E-state index is 0.346. The maximum Gasteiger partial charge on any atom is 0.0506 e. The molecule has 3 heteroatoms. The van der Waals surface area contributed by atoms with E-state index in [2.05, 4.69) is 25.8 Å². The molecular weight excluding hydrogens is 224 g/mol. The first-order chi connectivity index (χ1) is 8.58. The van der Waals surface area contributed by atoms with Gasteiger partial charge in [-0.15, -0.1) is 0 Å². The largest absolute Gasteiger partial charge is 0.381 e. The minimum Gasteiger partial charge on any atom is -0.381 e. The molecule has 1 saturated carbocycles. The van der Waals surface area contributed by atoms with Crippen molar-refractivity contribution in [1.29, 1.82) is 0 Å². The predicted molar refractivity (Wildman–Crippen MR) is 75.5 cm³/mol. The summed E-state index contributed by atoms with van der Waals surface area (Å²) in [4.78, 5) is 2.51. The van der Waals surface area contributed by atoms with Crippen molar-refractivity contribution in [3.8, 4) is 0 Å². The normalized spacial score (nSPS) is 42.2.